The molecule has 1 aromatic heterocycles. The number of carbonyl (C=O) groups excluding carboxylic acids is 1. The molecule has 1 unspecified atom stereocenters. The number of ketones is 1. The fourth-order valence-corrected chi connectivity index (χ4v) is 2.52. The summed E-state index contributed by atoms with van der Waals surface area (Å²) in [6, 6.07) is 7.80. The number of carbonyl (C=O) groups is 1. The molecule has 0 saturated carbocycles. The molecule has 0 amide bonds. The van der Waals surface area contributed by atoms with Crippen LogP contribution in [0.3, 0.4) is 0 Å². The Hall–Kier alpha value is -1.68. The molecule has 18 heavy (non-hydrogen) atoms. The second-order valence-electron chi connectivity index (χ2n) is 4.11. The monoisotopic (exact) mass is 260 g/mol. The second-order valence-corrected chi connectivity index (χ2v) is 5.04. The number of hydrogen-bond donors (Lipinski definition) is 1. The molecule has 0 aliphatic carbocycles. The maximum absolute atomic E-state index is 11.2. The highest BCUT2D eigenvalue weighted by atomic mass is 32.1. The summed E-state index contributed by atoms with van der Waals surface area (Å²) >= 11 is 1.66. The Bertz CT molecular complexity index is 505. The summed E-state index contributed by atoms with van der Waals surface area (Å²) in [4.78, 5) is 15.5. The molecular weight excluding hydrogens is 244 g/mol. The lowest BCUT2D eigenvalue weighted by atomic mass is 10.1. The number of thiazole rings is 1. The lowest BCUT2D eigenvalue weighted by Gasteiger charge is -2.15. The Morgan fingerprint density at radius 2 is 2.11 bits per heavy atom. The first-order valence-corrected chi connectivity index (χ1v) is 6.85. The molecule has 0 aliphatic rings. The van der Waals surface area contributed by atoms with Crippen molar-refractivity contribution in [3.8, 4) is 0 Å². The van der Waals surface area contributed by atoms with E-state index < -0.39 is 0 Å². The molecule has 1 N–H and O–H groups in total. The number of benzene rings is 1. The Kier molecular flexibility index (Phi) is 4.10. The van der Waals surface area contributed by atoms with Gasteiger partial charge in [-0.3, -0.25) is 4.79 Å². The van der Waals surface area contributed by atoms with Gasteiger partial charge in [-0.2, -0.15) is 0 Å². The first kappa shape index (κ1) is 12.8. The highest BCUT2D eigenvalue weighted by molar-refractivity contribution is 7.09. The molecule has 94 valence electrons. The highest BCUT2D eigenvalue weighted by Crippen LogP contribution is 2.24. The number of rotatable bonds is 5. The summed E-state index contributed by atoms with van der Waals surface area (Å²) in [6.07, 6.45) is 2.80. The van der Waals surface area contributed by atoms with Crippen molar-refractivity contribution in [2.45, 2.75) is 26.3 Å². The van der Waals surface area contributed by atoms with Gasteiger partial charge in [-0.05, 0) is 37.6 Å². The van der Waals surface area contributed by atoms with Crippen molar-refractivity contribution in [2.24, 2.45) is 0 Å². The summed E-state index contributed by atoms with van der Waals surface area (Å²) in [5.74, 6) is 0.0912. The number of nitrogens with one attached hydrogen (secondary N) is 1. The van der Waals surface area contributed by atoms with Crippen LogP contribution in [0.15, 0.2) is 35.8 Å². The predicted octanol–water partition coefficient (Wildman–Crippen LogP) is 3.91. The normalized spacial score (nSPS) is 12.1. The molecule has 3 nitrogen and oxygen atoms in total. The Balaban J connectivity index is 2.10. The zero-order valence-corrected chi connectivity index (χ0v) is 11.3. The van der Waals surface area contributed by atoms with Crippen molar-refractivity contribution < 1.29 is 4.79 Å². The van der Waals surface area contributed by atoms with Crippen molar-refractivity contribution >= 4 is 22.8 Å². The molecule has 2 rings (SSSR count). The molecule has 0 aliphatic heterocycles. The maximum Gasteiger partial charge on any atom is 0.159 e. The SMILES string of the molecule is CCC(Nc1ccc(C(C)=O)cc1)c1nccs1. The maximum atomic E-state index is 11.2. The molecule has 0 spiro atoms. The van der Waals surface area contributed by atoms with E-state index >= 15 is 0 Å². The third-order valence-electron chi connectivity index (χ3n) is 2.79. The van der Waals surface area contributed by atoms with Gasteiger partial charge in [-0.1, -0.05) is 6.92 Å². The van der Waals surface area contributed by atoms with Gasteiger partial charge in [0.25, 0.3) is 0 Å². The number of hydrogen-bond acceptors (Lipinski definition) is 4. The van der Waals surface area contributed by atoms with Crippen LogP contribution >= 0.6 is 11.3 Å². The predicted molar refractivity (Wildman–Crippen MR) is 75.2 cm³/mol. The summed E-state index contributed by atoms with van der Waals surface area (Å²) in [7, 11) is 0. The number of anilines is 1. The quantitative estimate of drug-likeness (QED) is 0.829. The molecule has 1 aromatic carbocycles. The molecule has 0 saturated heterocycles. The average Bonchev–Trinajstić information content (AvgIpc) is 2.90. The minimum atomic E-state index is 0.0912. The third-order valence-corrected chi connectivity index (χ3v) is 3.68. The fraction of sp³-hybridized carbons (Fsp3) is 0.286. The molecular formula is C14H16N2OS. The van der Waals surface area contributed by atoms with E-state index in [4.69, 9.17) is 0 Å². The van der Waals surface area contributed by atoms with Crippen LogP contribution in [0.2, 0.25) is 0 Å². The van der Waals surface area contributed by atoms with Gasteiger partial charge >= 0.3 is 0 Å². The van der Waals surface area contributed by atoms with Crippen LogP contribution in [-0.4, -0.2) is 10.8 Å². The van der Waals surface area contributed by atoms with E-state index in [1.54, 1.807) is 18.3 Å². The van der Waals surface area contributed by atoms with E-state index in [1.807, 2.05) is 35.8 Å². The lowest BCUT2D eigenvalue weighted by Crippen LogP contribution is -2.09. The van der Waals surface area contributed by atoms with Gasteiger partial charge in [-0.25, -0.2) is 4.98 Å². The number of nitrogens with zero attached hydrogens (tertiary/aromatic N) is 1. The highest BCUT2D eigenvalue weighted by Gasteiger charge is 2.11. The first-order chi connectivity index (χ1) is 8.70. The Morgan fingerprint density at radius 3 is 2.61 bits per heavy atom. The lowest BCUT2D eigenvalue weighted by molar-refractivity contribution is 0.101. The molecule has 0 fully saturated rings. The fourth-order valence-electron chi connectivity index (χ4n) is 1.75. The van der Waals surface area contributed by atoms with Gasteiger partial charge in [0.05, 0.1) is 6.04 Å². The molecule has 1 heterocycles. The van der Waals surface area contributed by atoms with E-state index in [1.165, 1.54) is 0 Å². The second kappa shape index (κ2) is 5.78. The molecule has 2 aromatic rings. The van der Waals surface area contributed by atoms with Crippen LogP contribution in [0.5, 0.6) is 0 Å². The number of Topliss-reactive ketones (excluding diaryl/α,β-unsaturated/α-hetero) is 1. The largest absolute Gasteiger partial charge is 0.376 e. The van der Waals surface area contributed by atoms with Gasteiger partial charge < -0.3 is 5.32 Å². The first-order valence-electron chi connectivity index (χ1n) is 5.97. The van der Waals surface area contributed by atoms with E-state index in [2.05, 4.69) is 17.2 Å². The standard InChI is InChI=1S/C14H16N2OS/c1-3-13(14-15-8-9-18-14)16-12-6-4-11(5-7-12)10(2)17/h4-9,13,16H,3H2,1-2H3. The van der Waals surface area contributed by atoms with Crippen LogP contribution in [-0.2, 0) is 0 Å². The summed E-state index contributed by atoms with van der Waals surface area (Å²) < 4.78 is 0. The van der Waals surface area contributed by atoms with Crippen molar-refractivity contribution in [1.82, 2.24) is 4.98 Å². The molecule has 0 bridgehead atoms. The van der Waals surface area contributed by atoms with Crippen LogP contribution in [0.4, 0.5) is 5.69 Å². The van der Waals surface area contributed by atoms with Crippen molar-refractivity contribution in [3.63, 3.8) is 0 Å². The third kappa shape index (κ3) is 2.96. The van der Waals surface area contributed by atoms with Crippen molar-refractivity contribution in [1.29, 1.82) is 0 Å². The van der Waals surface area contributed by atoms with Gasteiger partial charge in [0.2, 0.25) is 0 Å². The summed E-state index contributed by atoms with van der Waals surface area (Å²) in [5, 5.41) is 6.51. The minimum Gasteiger partial charge on any atom is -0.376 e. The zero-order valence-electron chi connectivity index (χ0n) is 10.5. The van der Waals surface area contributed by atoms with Crippen molar-refractivity contribution in [2.75, 3.05) is 5.32 Å². The topological polar surface area (TPSA) is 42.0 Å². The molecule has 0 radical (unpaired) electrons. The summed E-state index contributed by atoms with van der Waals surface area (Å²) in [5.41, 5.74) is 1.75. The molecule has 4 heteroatoms. The van der Waals surface area contributed by atoms with Gasteiger partial charge in [0.15, 0.2) is 5.78 Å². The Labute approximate surface area is 111 Å². The Morgan fingerprint density at radius 1 is 1.39 bits per heavy atom. The van der Waals surface area contributed by atoms with Crippen LogP contribution in [0.1, 0.15) is 41.7 Å². The van der Waals surface area contributed by atoms with Gasteiger partial charge in [-0.15, -0.1) is 11.3 Å². The van der Waals surface area contributed by atoms with E-state index in [-0.39, 0.29) is 11.8 Å². The van der Waals surface area contributed by atoms with E-state index in [0.29, 0.717) is 0 Å². The van der Waals surface area contributed by atoms with Gasteiger partial charge in [0, 0.05) is 22.8 Å². The smallest absolute Gasteiger partial charge is 0.159 e. The van der Waals surface area contributed by atoms with Crippen LogP contribution in [0, 0.1) is 0 Å². The number of aromatic nitrogens is 1. The summed E-state index contributed by atoms with van der Waals surface area (Å²) in [6.45, 7) is 3.70. The minimum absolute atomic E-state index is 0.0912. The van der Waals surface area contributed by atoms with Crippen LogP contribution < -0.4 is 5.32 Å². The van der Waals surface area contributed by atoms with E-state index in [0.717, 1.165) is 22.7 Å². The average molecular weight is 260 g/mol. The van der Waals surface area contributed by atoms with Gasteiger partial charge in [0.1, 0.15) is 5.01 Å². The zero-order chi connectivity index (χ0) is 13.0. The molecule has 1 atom stereocenters. The van der Waals surface area contributed by atoms with E-state index in [9.17, 15) is 4.79 Å². The van der Waals surface area contributed by atoms with Crippen LogP contribution in [0.25, 0.3) is 0 Å². The van der Waals surface area contributed by atoms with Crippen molar-refractivity contribution in [3.05, 3.63) is 46.4 Å².